The predicted octanol–water partition coefficient (Wildman–Crippen LogP) is 2.66. The lowest BCUT2D eigenvalue weighted by Gasteiger charge is -2.20. The van der Waals surface area contributed by atoms with E-state index in [4.69, 9.17) is 4.74 Å². The zero-order valence-electron chi connectivity index (χ0n) is 12.6. The maximum absolute atomic E-state index is 11.9. The molecule has 1 aliphatic carbocycles. The van der Waals surface area contributed by atoms with Crippen molar-refractivity contribution >= 4 is 11.9 Å². The van der Waals surface area contributed by atoms with Crippen molar-refractivity contribution in [2.75, 3.05) is 6.61 Å². The van der Waals surface area contributed by atoms with Crippen molar-refractivity contribution in [3.05, 3.63) is 0 Å². The standard InChI is InChI=1S/C15H27NO3/c1-11(9-13(17)19-10-15(2,3)4)16-14(18)12-7-5-6-8-12/h11-12H,5-10H2,1-4H3,(H,16,18). The van der Waals surface area contributed by atoms with Crippen LogP contribution in [0.4, 0.5) is 0 Å². The Kier molecular flexibility index (Phi) is 5.83. The molecule has 1 N–H and O–H groups in total. The Hall–Kier alpha value is -1.06. The summed E-state index contributed by atoms with van der Waals surface area (Å²) in [5.41, 5.74) is -0.0218. The maximum atomic E-state index is 11.9. The maximum Gasteiger partial charge on any atom is 0.307 e. The van der Waals surface area contributed by atoms with E-state index in [2.05, 4.69) is 5.32 Å². The fourth-order valence-electron chi connectivity index (χ4n) is 2.21. The molecule has 0 spiro atoms. The van der Waals surface area contributed by atoms with Gasteiger partial charge in [-0.3, -0.25) is 9.59 Å². The number of hydrogen-bond acceptors (Lipinski definition) is 3. The van der Waals surface area contributed by atoms with Gasteiger partial charge >= 0.3 is 5.97 Å². The molecule has 4 heteroatoms. The summed E-state index contributed by atoms with van der Waals surface area (Å²) >= 11 is 0. The minimum Gasteiger partial charge on any atom is -0.465 e. The van der Waals surface area contributed by atoms with Crippen molar-refractivity contribution < 1.29 is 14.3 Å². The second-order valence-electron chi connectivity index (χ2n) is 6.82. The van der Waals surface area contributed by atoms with Crippen LogP contribution in [-0.4, -0.2) is 24.5 Å². The number of hydrogen-bond donors (Lipinski definition) is 1. The van der Waals surface area contributed by atoms with Crippen molar-refractivity contribution in [2.24, 2.45) is 11.3 Å². The van der Waals surface area contributed by atoms with Crippen LogP contribution in [-0.2, 0) is 14.3 Å². The van der Waals surface area contributed by atoms with Gasteiger partial charge in [0.05, 0.1) is 13.0 Å². The number of esters is 1. The minimum atomic E-state index is -0.242. The summed E-state index contributed by atoms with van der Waals surface area (Å²) in [5, 5.41) is 2.91. The smallest absolute Gasteiger partial charge is 0.307 e. The number of amides is 1. The van der Waals surface area contributed by atoms with Gasteiger partial charge in [-0.2, -0.15) is 0 Å². The summed E-state index contributed by atoms with van der Waals surface area (Å²) in [4.78, 5) is 23.5. The van der Waals surface area contributed by atoms with Crippen LogP contribution in [0.25, 0.3) is 0 Å². The van der Waals surface area contributed by atoms with Crippen LogP contribution in [0.5, 0.6) is 0 Å². The van der Waals surface area contributed by atoms with Crippen LogP contribution < -0.4 is 5.32 Å². The summed E-state index contributed by atoms with van der Waals surface area (Å²) in [6, 6.07) is -0.152. The first-order valence-corrected chi connectivity index (χ1v) is 7.24. The van der Waals surface area contributed by atoms with Crippen LogP contribution in [0, 0.1) is 11.3 Å². The van der Waals surface area contributed by atoms with Crippen molar-refractivity contribution in [1.82, 2.24) is 5.32 Å². The van der Waals surface area contributed by atoms with E-state index in [0.717, 1.165) is 25.7 Å². The molecule has 1 aliphatic rings. The third-order valence-electron chi connectivity index (χ3n) is 3.25. The second-order valence-corrected chi connectivity index (χ2v) is 6.82. The van der Waals surface area contributed by atoms with E-state index in [0.29, 0.717) is 6.61 Å². The van der Waals surface area contributed by atoms with Gasteiger partial charge in [0, 0.05) is 12.0 Å². The molecule has 0 aliphatic heterocycles. The number of carbonyl (C=O) groups is 2. The molecule has 1 unspecified atom stereocenters. The molecule has 0 radical (unpaired) electrons. The lowest BCUT2D eigenvalue weighted by atomic mass is 9.99. The van der Waals surface area contributed by atoms with Crippen molar-refractivity contribution in [3.63, 3.8) is 0 Å². The third kappa shape index (κ3) is 6.60. The van der Waals surface area contributed by atoms with Crippen LogP contribution in [0.2, 0.25) is 0 Å². The number of carbonyl (C=O) groups excluding carboxylic acids is 2. The summed E-state index contributed by atoms with van der Waals surface area (Å²) in [7, 11) is 0. The van der Waals surface area contributed by atoms with Gasteiger partial charge in [0.15, 0.2) is 0 Å². The molecule has 1 amide bonds. The number of ether oxygens (including phenoxy) is 1. The molecule has 0 saturated heterocycles. The third-order valence-corrected chi connectivity index (χ3v) is 3.25. The Morgan fingerprint density at radius 1 is 1.26 bits per heavy atom. The average molecular weight is 269 g/mol. The van der Waals surface area contributed by atoms with Crippen LogP contribution in [0.15, 0.2) is 0 Å². The Morgan fingerprint density at radius 3 is 2.37 bits per heavy atom. The molecule has 1 atom stereocenters. The van der Waals surface area contributed by atoms with Crippen molar-refractivity contribution in [3.8, 4) is 0 Å². The van der Waals surface area contributed by atoms with E-state index >= 15 is 0 Å². The van der Waals surface area contributed by atoms with E-state index in [1.807, 2.05) is 27.7 Å². The molecule has 1 rings (SSSR count). The highest BCUT2D eigenvalue weighted by Crippen LogP contribution is 2.24. The lowest BCUT2D eigenvalue weighted by molar-refractivity contribution is -0.147. The van der Waals surface area contributed by atoms with Crippen LogP contribution in [0.1, 0.15) is 59.8 Å². The zero-order chi connectivity index (χ0) is 14.5. The molecule has 110 valence electrons. The lowest BCUT2D eigenvalue weighted by Crippen LogP contribution is -2.38. The predicted molar refractivity (Wildman–Crippen MR) is 74.6 cm³/mol. The van der Waals surface area contributed by atoms with Crippen molar-refractivity contribution in [2.45, 2.75) is 65.8 Å². The van der Waals surface area contributed by atoms with Gasteiger partial charge in [0.25, 0.3) is 0 Å². The van der Waals surface area contributed by atoms with E-state index in [1.54, 1.807) is 0 Å². The van der Waals surface area contributed by atoms with Gasteiger partial charge in [-0.05, 0) is 25.2 Å². The zero-order valence-corrected chi connectivity index (χ0v) is 12.6. The molecule has 0 aromatic rings. The average Bonchev–Trinajstić information content (AvgIpc) is 2.78. The van der Waals surface area contributed by atoms with E-state index in [9.17, 15) is 9.59 Å². The van der Waals surface area contributed by atoms with Gasteiger partial charge in [-0.25, -0.2) is 0 Å². The number of rotatable bonds is 5. The highest BCUT2D eigenvalue weighted by Gasteiger charge is 2.24. The van der Waals surface area contributed by atoms with E-state index in [-0.39, 0.29) is 35.7 Å². The highest BCUT2D eigenvalue weighted by atomic mass is 16.5. The Labute approximate surface area is 116 Å². The first kappa shape index (κ1) is 16.0. The van der Waals surface area contributed by atoms with Crippen molar-refractivity contribution in [1.29, 1.82) is 0 Å². The highest BCUT2D eigenvalue weighted by molar-refractivity contribution is 5.80. The molecular formula is C15H27NO3. The quantitative estimate of drug-likeness (QED) is 0.781. The molecule has 1 saturated carbocycles. The summed E-state index contributed by atoms with van der Waals surface area (Å²) in [5.74, 6) is -0.00388. The normalized spacial score (nSPS) is 18.1. The van der Waals surface area contributed by atoms with Gasteiger partial charge in [0.1, 0.15) is 0 Å². The van der Waals surface area contributed by atoms with E-state index < -0.39 is 0 Å². The van der Waals surface area contributed by atoms with Crippen LogP contribution >= 0.6 is 0 Å². The molecule has 0 aromatic carbocycles. The first-order valence-electron chi connectivity index (χ1n) is 7.24. The summed E-state index contributed by atoms with van der Waals surface area (Å²) < 4.78 is 5.19. The summed E-state index contributed by atoms with van der Waals surface area (Å²) in [6.07, 6.45) is 4.48. The minimum absolute atomic E-state index is 0.0218. The van der Waals surface area contributed by atoms with Gasteiger partial charge < -0.3 is 10.1 Å². The second kappa shape index (κ2) is 6.92. The Morgan fingerprint density at radius 2 is 1.84 bits per heavy atom. The van der Waals surface area contributed by atoms with E-state index in [1.165, 1.54) is 0 Å². The largest absolute Gasteiger partial charge is 0.465 e. The molecule has 0 bridgehead atoms. The summed E-state index contributed by atoms with van der Waals surface area (Å²) in [6.45, 7) is 8.32. The first-order chi connectivity index (χ1) is 8.78. The van der Waals surface area contributed by atoms with Crippen LogP contribution in [0.3, 0.4) is 0 Å². The molecule has 19 heavy (non-hydrogen) atoms. The van der Waals surface area contributed by atoms with Gasteiger partial charge in [0.2, 0.25) is 5.91 Å². The topological polar surface area (TPSA) is 55.4 Å². The van der Waals surface area contributed by atoms with Gasteiger partial charge in [-0.15, -0.1) is 0 Å². The Bertz CT molecular complexity index is 314. The SMILES string of the molecule is CC(CC(=O)OCC(C)(C)C)NC(=O)C1CCCC1. The Balaban J connectivity index is 2.24. The molecule has 0 heterocycles. The monoisotopic (exact) mass is 269 g/mol. The fraction of sp³-hybridized carbons (Fsp3) is 0.867. The number of nitrogens with one attached hydrogen (secondary N) is 1. The molecular weight excluding hydrogens is 242 g/mol. The molecule has 4 nitrogen and oxygen atoms in total. The molecule has 1 fully saturated rings. The molecule has 0 aromatic heterocycles. The fourth-order valence-corrected chi connectivity index (χ4v) is 2.21. The van der Waals surface area contributed by atoms with Gasteiger partial charge in [-0.1, -0.05) is 33.6 Å².